The lowest BCUT2D eigenvalue weighted by molar-refractivity contribution is -0.123. The van der Waals surface area contributed by atoms with Gasteiger partial charge in [-0.3, -0.25) is 9.79 Å². The summed E-state index contributed by atoms with van der Waals surface area (Å²) in [7, 11) is 1.78. The van der Waals surface area contributed by atoms with Gasteiger partial charge in [0.1, 0.15) is 12.4 Å². The smallest absolute Gasteiger partial charge is 0.244 e. The number of rotatable bonds is 3. The molecule has 1 aliphatic carbocycles. The minimum atomic E-state index is -0.682. The third kappa shape index (κ3) is 3.09. The lowest BCUT2D eigenvalue weighted by Gasteiger charge is -2.36. The van der Waals surface area contributed by atoms with Gasteiger partial charge in [0, 0.05) is 25.0 Å². The first-order chi connectivity index (χ1) is 11.0. The van der Waals surface area contributed by atoms with Crippen molar-refractivity contribution in [3.63, 3.8) is 0 Å². The van der Waals surface area contributed by atoms with Crippen molar-refractivity contribution in [2.75, 3.05) is 37.0 Å². The Kier molecular flexibility index (Phi) is 4.37. The van der Waals surface area contributed by atoms with E-state index in [1.54, 1.807) is 7.05 Å². The molecule has 1 saturated carbocycles. The molecular formula is C17H24N4O2. The normalized spacial score (nSPS) is 21.9. The largest absolute Gasteiger partial charge is 0.372 e. The van der Waals surface area contributed by atoms with Crippen LogP contribution in [0.5, 0.6) is 0 Å². The van der Waals surface area contributed by atoms with Crippen molar-refractivity contribution >= 4 is 23.1 Å². The minimum absolute atomic E-state index is 0.0851. The van der Waals surface area contributed by atoms with Crippen LogP contribution in [0.4, 0.5) is 11.4 Å². The number of anilines is 2. The van der Waals surface area contributed by atoms with E-state index in [4.69, 9.17) is 10.5 Å². The standard InChI is InChI=1S/C17H24N4O2/c1-12-10-13(20-16(22)17(18)6-3-7-17)4-5-14(12)21-8-9-23-11-15(21)19-2/h4-5,10H,3,6-9,11,18H2,1-2H3,(H,20,22). The zero-order chi connectivity index (χ0) is 16.4. The number of nitrogens with one attached hydrogen (secondary N) is 1. The number of hydrogen-bond donors (Lipinski definition) is 2. The maximum atomic E-state index is 12.2. The summed E-state index contributed by atoms with van der Waals surface area (Å²) in [4.78, 5) is 18.7. The van der Waals surface area contributed by atoms with Crippen LogP contribution in [0.15, 0.2) is 23.2 Å². The Morgan fingerprint density at radius 3 is 2.83 bits per heavy atom. The SMILES string of the molecule is CN=C1COCCN1c1ccc(NC(=O)C2(N)CCC2)cc1C. The number of aliphatic imine (C=N–C) groups is 1. The van der Waals surface area contributed by atoms with Gasteiger partial charge in [-0.1, -0.05) is 0 Å². The summed E-state index contributed by atoms with van der Waals surface area (Å²) in [6.45, 7) is 4.04. The van der Waals surface area contributed by atoms with E-state index in [-0.39, 0.29) is 5.91 Å². The fourth-order valence-electron chi connectivity index (χ4n) is 3.05. The number of nitrogens with zero attached hydrogens (tertiary/aromatic N) is 2. The van der Waals surface area contributed by atoms with Crippen molar-refractivity contribution in [3.8, 4) is 0 Å². The van der Waals surface area contributed by atoms with E-state index in [1.807, 2.05) is 25.1 Å². The lowest BCUT2D eigenvalue weighted by atomic mass is 9.77. The predicted molar refractivity (Wildman–Crippen MR) is 92.1 cm³/mol. The monoisotopic (exact) mass is 316 g/mol. The van der Waals surface area contributed by atoms with Crippen LogP contribution >= 0.6 is 0 Å². The van der Waals surface area contributed by atoms with Crippen molar-refractivity contribution in [2.24, 2.45) is 10.7 Å². The molecule has 1 amide bonds. The molecule has 2 fully saturated rings. The molecule has 1 aromatic rings. The zero-order valence-corrected chi connectivity index (χ0v) is 13.8. The zero-order valence-electron chi connectivity index (χ0n) is 13.8. The number of nitrogens with two attached hydrogens (primary N) is 1. The average molecular weight is 316 g/mol. The van der Waals surface area contributed by atoms with Gasteiger partial charge in [-0.15, -0.1) is 0 Å². The molecule has 0 radical (unpaired) electrons. The number of ether oxygens (including phenoxy) is 1. The summed E-state index contributed by atoms with van der Waals surface area (Å²) in [5.41, 5.74) is 8.36. The van der Waals surface area contributed by atoms with Crippen LogP contribution in [-0.4, -0.2) is 44.1 Å². The summed E-state index contributed by atoms with van der Waals surface area (Å²) in [6.07, 6.45) is 2.55. The number of benzene rings is 1. The number of carbonyl (C=O) groups excluding carboxylic acids is 1. The number of morpholine rings is 1. The fourth-order valence-corrected chi connectivity index (χ4v) is 3.05. The third-order valence-electron chi connectivity index (χ3n) is 4.70. The molecule has 1 heterocycles. The number of amides is 1. The Morgan fingerprint density at radius 2 is 2.22 bits per heavy atom. The molecule has 6 heteroatoms. The molecule has 2 aliphatic rings. The maximum Gasteiger partial charge on any atom is 0.244 e. The summed E-state index contributed by atoms with van der Waals surface area (Å²) in [5.74, 6) is 0.838. The van der Waals surface area contributed by atoms with Gasteiger partial charge in [0.2, 0.25) is 5.91 Å². The molecule has 23 heavy (non-hydrogen) atoms. The van der Waals surface area contributed by atoms with Crippen LogP contribution in [0, 0.1) is 6.92 Å². The van der Waals surface area contributed by atoms with E-state index in [0.29, 0.717) is 13.2 Å². The number of carbonyl (C=O) groups is 1. The van der Waals surface area contributed by atoms with E-state index in [0.717, 1.165) is 48.6 Å². The Bertz CT molecular complexity index is 637. The predicted octanol–water partition coefficient (Wildman–Crippen LogP) is 1.68. The average Bonchev–Trinajstić information content (AvgIpc) is 2.52. The second kappa shape index (κ2) is 6.29. The molecule has 3 rings (SSSR count). The first-order valence-electron chi connectivity index (χ1n) is 8.05. The van der Waals surface area contributed by atoms with E-state index < -0.39 is 5.54 Å². The number of aryl methyl sites for hydroxylation is 1. The molecule has 1 aromatic carbocycles. The molecule has 0 bridgehead atoms. The van der Waals surface area contributed by atoms with Gasteiger partial charge in [0.15, 0.2) is 0 Å². The summed E-state index contributed by atoms with van der Waals surface area (Å²) in [5, 5.41) is 2.94. The van der Waals surface area contributed by atoms with Crippen LogP contribution in [-0.2, 0) is 9.53 Å². The first-order valence-corrected chi connectivity index (χ1v) is 8.05. The summed E-state index contributed by atoms with van der Waals surface area (Å²) < 4.78 is 5.45. The van der Waals surface area contributed by atoms with E-state index in [1.165, 1.54) is 0 Å². The van der Waals surface area contributed by atoms with Crippen LogP contribution in [0.1, 0.15) is 24.8 Å². The molecule has 3 N–H and O–H groups in total. The summed E-state index contributed by atoms with van der Waals surface area (Å²) in [6, 6.07) is 5.93. The van der Waals surface area contributed by atoms with Gasteiger partial charge in [-0.2, -0.15) is 0 Å². The van der Waals surface area contributed by atoms with Gasteiger partial charge < -0.3 is 20.7 Å². The van der Waals surface area contributed by atoms with Gasteiger partial charge in [-0.25, -0.2) is 0 Å². The van der Waals surface area contributed by atoms with E-state index in [9.17, 15) is 4.79 Å². The molecule has 0 spiro atoms. The Hall–Kier alpha value is -1.92. The topological polar surface area (TPSA) is 80.0 Å². The molecule has 0 aromatic heterocycles. The number of amidine groups is 1. The van der Waals surface area contributed by atoms with Crippen LogP contribution < -0.4 is 16.0 Å². The molecule has 0 unspecified atom stereocenters. The van der Waals surface area contributed by atoms with Gasteiger partial charge in [0.05, 0.1) is 12.1 Å². The van der Waals surface area contributed by atoms with Crippen LogP contribution in [0.2, 0.25) is 0 Å². The van der Waals surface area contributed by atoms with Gasteiger partial charge >= 0.3 is 0 Å². The van der Waals surface area contributed by atoms with E-state index in [2.05, 4.69) is 15.2 Å². The van der Waals surface area contributed by atoms with Gasteiger partial charge in [-0.05, 0) is 49.9 Å². The first kappa shape index (κ1) is 16.0. The quantitative estimate of drug-likeness (QED) is 0.889. The van der Waals surface area contributed by atoms with E-state index >= 15 is 0 Å². The fraction of sp³-hybridized carbons (Fsp3) is 0.529. The highest BCUT2D eigenvalue weighted by atomic mass is 16.5. The molecular weight excluding hydrogens is 292 g/mol. The Morgan fingerprint density at radius 1 is 1.43 bits per heavy atom. The molecule has 1 aliphatic heterocycles. The van der Waals surface area contributed by atoms with Crippen LogP contribution in [0.25, 0.3) is 0 Å². The Balaban J connectivity index is 1.76. The minimum Gasteiger partial charge on any atom is -0.372 e. The van der Waals surface area contributed by atoms with Crippen LogP contribution in [0.3, 0.4) is 0 Å². The van der Waals surface area contributed by atoms with Crippen molar-refractivity contribution in [1.82, 2.24) is 0 Å². The summed E-state index contributed by atoms with van der Waals surface area (Å²) >= 11 is 0. The Labute approximate surface area is 136 Å². The van der Waals surface area contributed by atoms with Crippen molar-refractivity contribution < 1.29 is 9.53 Å². The van der Waals surface area contributed by atoms with Gasteiger partial charge in [0.25, 0.3) is 0 Å². The van der Waals surface area contributed by atoms with Crippen molar-refractivity contribution in [2.45, 2.75) is 31.7 Å². The second-order valence-electron chi connectivity index (χ2n) is 6.31. The lowest BCUT2D eigenvalue weighted by Crippen LogP contribution is -2.56. The highest BCUT2D eigenvalue weighted by molar-refractivity contribution is 6.01. The molecule has 6 nitrogen and oxygen atoms in total. The third-order valence-corrected chi connectivity index (χ3v) is 4.70. The van der Waals surface area contributed by atoms with Crippen molar-refractivity contribution in [3.05, 3.63) is 23.8 Å². The highest BCUT2D eigenvalue weighted by Gasteiger charge is 2.40. The molecule has 0 atom stereocenters. The maximum absolute atomic E-state index is 12.2. The number of hydrogen-bond acceptors (Lipinski definition) is 4. The second-order valence-corrected chi connectivity index (χ2v) is 6.31. The molecule has 124 valence electrons. The molecule has 1 saturated heterocycles. The van der Waals surface area contributed by atoms with Crippen molar-refractivity contribution in [1.29, 1.82) is 0 Å². The highest BCUT2D eigenvalue weighted by Crippen LogP contribution is 2.31.